The molecule has 1 rings (SSSR count). The van der Waals surface area contributed by atoms with E-state index in [1.807, 2.05) is 0 Å². The van der Waals surface area contributed by atoms with Gasteiger partial charge in [-0.25, -0.2) is 0 Å². The molecule has 0 saturated carbocycles. The first-order valence-electron chi connectivity index (χ1n) is 4.31. The molecular weight excluding hydrogens is 212 g/mol. The van der Waals surface area contributed by atoms with Crippen molar-refractivity contribution in [3.63, 3.8) is 0 Å². The molecule has 0 unspecified atom stereocenters. The molecule has 0 bridgehead atoms. The maximum atomic E-state index is 10.8. The van der Waals surface area contributed by atoms with E-state index in [1.54, 1.807) is 37.2 Å². The third kappa shape index (κ3) is 2.92. The van der Waals surface area contributed by atoms with Gasteiger partial charge in [0, 0.05) is 25.3 Å². The van der Waals surface area contributed by atoms with Crippen molar-refractivity contribution in [1.29, 1.82) is 0 Å². The number of nitrogens with zero attached hydrogens (tertiary/aromatic N) is 1. The minimum Gasteiger partial charge on any atom is -0.545 e. The van der Waals surface area contributed by atoms with Crippen molar-refractivity contribution >= 4 is 29.0 Å². The van der Waals surface area contributed by atoms with Crippen LogP contribution >= 0.6 is 12.2 Å². The smallest absolute Gasteiger partial charge is 0.172 e. The van der Waals surface area contributed by atoms with Crippen LogP contribution in [-0.2, 0) is 0 Å². The predicted octanol–water partition coefficient (Wildman–Crippen LogP) is 0.308. The highest BCUT2D eigenvalue weighted by Crippen LogP contribution is 2.14. The monoisotopic (exact) mass is 223 g/mol. The van der Waals surface area contributed by atoms with Crippen molar-refractivity contribution in [1.82, 2.24) is 4.90 Å². The molecule has 0 aromatic heterocycles. The molecule has 15 heavy (non-hydrogen) atoms. The quantitative estimate of drug-likeness (QED) is 0.731. The molecule has 0 atom stereocenters. The number of benzene rings is 1. The van der Waals surface area contributed by atoms with Gasteiger partial charge in [0.25, 0.3) is 0 Å². The SMILES string of the molecule is CN(C)C(=S)Nc1ccccc1C(=O)[O-]. The zero-order valence-electron chi connectivity index (χ0n) is 8.48. The van der Waals surface area contributed by atoms with E-state index in [9.17, 15) is 9.90 Å². The van der Waals surface area contributed by atoms with Gasteiger partial charge in [0.15, 0.2) is 5.11 Å². The van der Waals surface area contributed by atoms with Crippen molar-refractivity contribution < 1.29 is 9.90 Å². The Bertz CT molecular complexity index is 391. The summed E-state index contributed by atoms with van der Waals surface area (Å²) < 4.78 is 0. The zero-order chi connectivity index (χ0) is 11.4. The molecule has 4 nitrogen and oxygen atoms in total. The van der Waals surface area contributed by atoms with Crippen LogP contribution in [0.2, 0.25) is 0 Å². The van der Waals surface area contributed by atoms with E-state index in [2.05, 4.69) is 5.32 Å². The van der Waals surface area contributed by atoms with Crippen molar-refractivity contribution in [2.24, 2.45) is 0 Å². The number of carbonyl (C=O) groups is 1. The van der Waals surface area contributed by atoms with Crippen LogP contribution in [0.25, 0.3) is 0 Å². The van der Waals surface area contributed by atoms with Gasteiger partial charge in [-0.2, -0.15) is 0 Å². The highest BCUT2D eigenvalue weighted by Gasteiger charge is 2.04. The Hall–Kier alpha value is -1.62. The average molecular weight is 223 g/mol. The molecule has 5 heteroatoms. The summed E-state index contributed by atoms with van der Waals surface area (Å²) in [5, 5.41) is 14.0. The predicted molar refractivity (Wildman–Crippen MR) is 60.7 cm³/mol. The van der Waals surface area contributed by atoms with Crippen molar-refractivity contribution in [3.8, 4) is 0 Å². The number of rotatable bonds is 2. The van der Waals surface area contributed by atoms with Crippen LogP contribution in [-0.4, -0.2) is 30.1 Å². The van der Waals surface area contributed by atoms with Gasteiger partial charge < -0.3 is 20.1 Å². The topological polar surface area (TPSA) is 55.4 Å². The lowest BCUT2D eigenvalue weighted by atomic mass is 10.2. The zero-order valence-corrected chi connectivity index (χ0v) is 9.30. The van der Waals surface area contributed by atoms with Gasteiger partial charge >= 0.3 is 0 Å². The molecule has 0 radical (unpaired) electrons. The van der Waals surface area contributed by atoms with Gasteiger partial charge in [-0.05, 0) is 18.3 Å². The molecule has 0 heterocycles. The standard InChI is InChI=1S/C10H12N2O2S/c1-12(2)10(15)11-8-6-4-3-5-7(8)9(13)14/h3-6H,1-2H3,(H,11,15)(H,13,14)/p-1. The summed E-state index contributed by atoms with van der Waals surface area (Å²) in [7, 11) is 3.55. The van der Waals surface area contributed by atoms with E-state index in [-0.39, 0.29) is 5.56 Å². The summed E-state index contributed by atoms with van der Waals surface area (Å²) in [6.07, 6.45) is 0. The number of anilines is 1. The van der Waals surface area contributed by atoms with E-state index in [0.717, 1.165) is 0 Å². The molecule has 1 N–H and O–H groups in total. The molecule has 0 aliphatic rings. The van der Waals surface area contributed by atoms with E-state index in [4.69, 9.17) is 12.2 Å². The second-order valence-electron chi connectivity index (χ2n) is 3.16. The lowest BCUT2D eigenvalue weighted by Gasteiger charge is -2.18. The number of carboxylic acids is 1. The van der Waals surface area contributed by atoms with Gasteiger partial charge in [-0.15, -0.1) is 0 Å². The first kappa shape index (κ1) is 11.5. The molecule has 0 aliphatic heterocycles. The van der Waals surface area contributed by atoms with E-state index >= 15 is 0 Å². The molecule has 1 aromatic carbocycles. The van der Waals surface area contributed by atoms with Gasteiger partial charge in [0.05, 0.1) is 5.97 Å². The summed E-state index contributed by atoms with van der Waals surface area (Å²) in [5.41, 5.74) is 0.540. The van der Waals surface area contributed by atoms with Gasteiger partial charge in [0.2, 0.25) is 0 Å². The van der Waals surface area contributed by atoms with Crippen molar-refractivity contribution in [2.45, 2.75) is 0 Å². The van der Waals surface area contributed by atoms with Crippen LogP contribution in [0.15, 0.2) is 24.3 Å². The number of carboxylic acid groups (broad SMARTS) is 1. The molecule has 0 fully saturated rings. The first-order valence-corrected chi connectivity index (χ1v) is 4.72. The van der Waals surface area contributed by atoms with Gasteiger partial charge in [-0.3, -0.25) is 0 Å². The molecule has 0 amide bonds. The normalized spacial score (nSPS) is 9.47. The average Bonchev–Trinajstić information content (AvgIpc) is 2.18. The maximum absolute atomic E-state index is 10.8. The molecule has 1 aromatic rings. The lowest BCUT2D eigenvalue weighted by Crippen LogP contribution is -2.29. The van der Waals surface area contributed by atoms with Crippen LogP contribution in [0.3, 0.4) is 0 Å². The summed E-state index contributed by atoms with van der Waals surface area (Å²) in [6, 6.07) is 6.47. The summed E-state index contributed by atoms with van der Waals surface area (Å²) >= 11 is 5.01. The fraction of sp³-hybridized carbons (Fsp3) is 0.200. The van der Waals surface area contributed by atoms with Crippen LogP contribution < -0.4 is 10.4 Å². The highest BCUT2D eigenvalue weighted by molar-refractivity contribution is 7.80. The number of aromatic carboxylic acids is 1. The summed E-state index contributed by atoms with van der Waals surface area (Å²) in [4.78, 5) is 12.4. The Balaban J connectivity index is 2.94. The van der Waals surface area contributed by atoms with Crippen LogP contribution in [0, 0.1) is 0 Å². The summed E-state index contributed by atoms with van der Waals surface area (Å²) in [5.74, 6) is -1.22. The van der Waals surface area contributed by atoms with E-state index < -0.39 is 5.97 Å². The lowest BCUT2D eigenvalue weighted by molar-refractivity contribution is -0.254. The molecular formula is C10H11N2O2S-. The van der Waals surface area contributed by atoms with Crippen LogP contribution in [0.4, 0.5) is 5.69 Å². The molecule has 0 aliphatic carbocycles. The fourth-order valence-electron chi connectivity index (χ4n) is 0.997. The number of thiocarbonyl (C=S) groups is 1. The third-order valence-electron chi connectivity index (χ3n) is 1.79. The van der Waals surface area contributed by atoms with E-state index in [0.29, 0.717) is 10.8 Å². The minimum atomic E-state index is -1.22. The molecule has 0 spiro atoms. The third-order valence-corrected chi connectivity index (χ3v) is 2.26. The number of hydrogen-bond acceptors (Lipinski definition) is 3. The largest absolute Gasteiger partial charge is 0.545 e. The maximum Gasteiger partial charge on any atom is 0.172 e. The molecule has 0 saturated heterocycles. The van der Waals surface area contributed by atoms with Crippen LogP contribution in [0.5, 0.6) is 0 Å². The van der Waals surface area contributed by atoms with E-state index in [1.165, 1.54) is 6.07 Å². The highest BCUT2D eigenvalue weighted by atomic mass is 32.1. The van der Waals surface area contributed by atoms with Gasteiger partial charge in [0.1, 0.15) is 0 Å². The van der Waals surface area contributed by atoms with Crippen molar-refractivity contribution in [2.75, 3.05) is 19.4 Å². The second kappa shape index (κ2) is 4.75. The Labute approximate surface area is 93.5 Å². The fourth-order valence-corrected chi connectivity index (χ4v) is 1.11. The Kier molecular flexibility index (Phi) is 3.62. The first-order chi connectivity index (χ1) is 7.02. The number of para-hydroxylation sites is 1. The van der Waals surface area contributed by atoms with Gasteiger partial charge in [-0.1, -0.05) is 18.2 Å². The number of hydrogen-bond donors (Lipinski definition) is 1. The van der Waals surface area contributed by atoms with Crippen LogP contribution in [0.1, 0.15) is 10.4 Å². The number of carbonyl (C=O) groups excluding carboxylic acids is 1. The Morgan fingerprint density at radius 2 is 2.00 bits per heavy atom. The second-order valence-corrected chi connectivity index (χ2v) is 3.54. The molecule has 80 valence electrons. The Morgan fingerprint density at radius 1 is 1.40 bits per heavy atom. The number of nitrogens with one attached hydrogen (secondary N) is 1. The summed E-state index contributed by atoms with van der Waals surface area (Å²) in [6.45, 7) is 0. The Morgan fingerprint density at radius 3 is 2.53 bits per heavy atom. The minimum absolute atomic E-state index is 0.0988. The van der Waals surface area contributed by atoms with Crippen molar-refractivity contribution in [3.05, 3.63) is 29.8 Å².